The Morgan fingerprint density at radius 3 is 3.00 bits per heavy atom. The van der Waals surface area contributed by atoms with Crippen LogP contribution in [0.3, 0.4) is 0 Å². The first-order valence-electron chi connectivity index (χ1n) is 3.53. The summed E-state index contributed by atoms with van der Waals surface area (Å²) in [7, 11) is 0. The minimum absolute atomic E-state index is 0.0101. The molecule has 1 aromatic rings. The predicted molar refractivity (Wildman–Crippen MR) is 52.0 cm³/mol. The Labute approximate surface area is 87.7 Å². The molecule has 0 amide bonds. The van der Waals surface area contributed by atoms with Crippen molar-refractivity contribution in [2.45, 2.75) is 5.32 Å². The molecule has 4 heteroatoms. The number of carbonyl (C=O) groups excluding carboxylic acids is 1. The quantitative estimate of drug-likeness (QED) is 0.615. The van der Waals surface area contributed by atoms with Crippen molar-refractivity contribution in [3.63, 3.8) is 0 Å². The van der Waals surface area contributed by atoms with E-state index in [0.29, 0.717) is 15.9 Å². The molecule has 0 aliphatic heterocycles. The predicted octanol–water partition coefficient (Wildman–Crippen LogP) is 2.13. The number of nitrogens with zero attached hydrogens (tertiary/aromatic N) is 1. The van der Waals surface area contributed by atoms with Gasteiger partial charge < -0.3 is 0 Å². The van der Waals surface area contributed by atoms with E-state index >= 15 is 0 Å². The molecule has 2 nitrogen and oxygen atoms in total. The van der Waals surface area contributed by atoms with Gasteiger partial charge in [-0.2, -0.15) is 0 Å². The molecule has 0 saturated carbocycles. The Morgan fingerprint density at radius 1 is 1.62 bits per heavy atom. The molecule has 0 N–H and O–H groups in total. The summed E-state index contributed by atoms with van der Waals surface area (Å²) in [5.74, 6) is -0.0101. The van der Waals surface area contributed by atoms with E-state index in [4.69, 9.17) is 16.9 Å². The summed E-state index contributed by atoms with van der Waals surface area (Å²) >= 11 is 5.46. The number of benzene rings is 1. The van der Waals surface area contributed by atoms with Crippen LogP contribution in [0.15, 0.2) is 24.3 Å². The summed E-state index contributed by atoms with van der Waals surface area (Å²) in [6.07, 6.45) is 0. The molecule has 13 heavy (non-hydrogen) atoms. The van der Waals surface area contributed by atoms with Crippen LogP contribution in [0.1, 0.15) is 10.4 Å². The molecule has 0 heterocycles. The van der Waals surface area contributed by atoms with Crippen LogP contribution in [-0.2, 0) is 0 Å². The molecule has 0 atom stereocenters. The maximum atomic E-state index is 11.4. The molecule has 0 aliphatic rings. The van der Waals surface area contributed by atoms with Gasteiger partial charge in [0, 0.05) is 0 Å². The average Bonchev–Trinajstić information content (AvgIpc) is 2.14. The Kier molecular flexibility index (Phi) is 3.98. The van der Waals surface area contributed by atoms with Crippen molar-refractivity contribution in [1.82, 2.24) is 0 Å². The first-order chi connectivity index (χ1) is 6.24. The van der Waals surface area contributed by atoms with Crippen LogP contribution < -0.4 is 0 Å². The second-order valence-corrected chi connectivity index (χ2v) is 4.34. The fourth-order valence-corrected chi connectivity index (χ4v) is 1.79. The molecule has 0 aliphatic carbocycles. The van der Waals surface area contributed by atoms with Crippen LogP contribution in [0.5, 0.6) is 0 Å². The van der Waals surface area contributed by atoms with E-state index in [1.165, 1.54) is 0 Å². The van der Waals surface area contributed by atoms with E-state index in [2.05, 4.69) is 0 Å². The summed E-state index contributed by atoms with van der Waals surface area (Å²) in [4.78, 5) is 13.4. The number of ketones is 1. The van der Waals surface area contributed by atoms with Crippen molar-refractivity contribution in [2.75, 3.05) is 0 Å². The van der Waals surface area contributed by atoms with Gasteiger partial charge in [-0.1, -0.05) is 0 Å². The third-order valence-electron chi connectivity index (χ3n) is 1.41. The fraction of sp³-hybridized carbons (Fsp3) is 0.111. The summed E-state index contributed by atoms with van der Waals surface area (Å²) in [6, 6.07) is 6.78. The Bertz CT molecular complexity index is 359. The van der Waals surface area contributed by atoms with Gasteiger partial charge in [-0.3, -0.25) is 0 Å². The molecule has 0 saturated heterocycles. The summed E-state index contributed by atoms with van der Waals surface area (Å²) in [6.45, 7) is 0. The molecule has 0 radical (unpaired) electrons. The molecular weight excluding hydrogens is 253 g/mol. The van der Waals surface area contributed by atoms with Crippen molar-refractivity contribution < 1.29 is 4.79 Å². The van der Waals surface area contributed by atoms with Crippen LogP contribution in [0, 0.1) is 10.2 Å². The first kappa shape index (κ1) is 10.3. The van der Waals surface area contributed by atoms with Crippen LogP contribution >= 0.6 is 11.6 Å². The zero-order valence-corrected chi connectivity index (χ0v) is 9.13. The van der Waals surface area contributed by atoms with E-state index in [0.717, 1.165) is 0 Å². The van der Waals surface area contributed by atoms with E-state index in [-0.39, 0.29) is 20.7 Å². The van der Waals surface area contributed by atoms with E-state index in [1.807, 2.05) is 4.97 Å². The van der Waals surface area contributed by atoms with Crippen molar-refractivity contribution in [2.24, 2.45) is 0 Å². The van der Waals surface area contributed by atoms with Crippen LogP contribution in [-0.4, -0.2) is 20.7 Å². The number of hydrogen-bond donors (Lipinski definition) is 0. The van der Waals surface area contributed by atoms with Gasteiger partial charge in [0.1, 0.15) is 0 Å². The van der Waals surface area contributed by atoms with Gasteiger partial charge >= 0.3 is 87.5 Å². The van der Waals surface area contributed by atoms with E-state index in [1.54, 1.807) is 24.3 Å². The Hall–Kier alpha value is -0.811. The zero-order chi connectivity index (χ0) is 9.68. The van der Waals surface area contributed by atoms with Crippen LogP contribution in [0.4, 0.5) is 0 Å². The minimum atomic E-state index is -0.251. The third kappa shape index (κ3) is 3.20. The third-order valence-corrected chi connectivity index (χ3v) is 2.77. The van der Waals surface area contributed by atoms with Crippen molar-refractivity contribution in [1.29, 1.82) is 5.26 Å². The molecule has 0 unspecified atom stereocenters. The van der Waals surface area contributed by atoms with Crippen molar-refractivity contribution in [3.05, 3.63) is 34.9 Å². The molecular formula is C9H6ClNOSe. The molecule has 0 fully saturated rings. The molecule has 1 rings (SSSR count). The average molecular weight is 259 g/mol. The molecule has 0 spiro atoms. The number of rotatable bonds is 3. The molecule has 1 aromatic carbocycles. The first-order valence-corrected chi connectivity index (χ1v) is 5.98. The molecule has 0 aromatic heterocycles. The standard InChI is InChI=1S/C9H6ClNOSe/c10-8-3-1-2-7(4-8)9(12)5-13-6-11/h1-4H,5H2. The Balaban J connectivity index is 2.72. The van der Waals surface area contributed by atoms with Gasteiger partial charge in [0.25, 0.3) is 0 Å². The normalized spacial score (nSPS) is 9.23. The summed E-state index contributed by atoms with van der Waals surface area (Å²) in [5, 5.41) is 9.19. The van der Waals surface area contributed by atoms with Crippen molar-refractivity contribution >= 4 is 32.3 Å². The zero-order valence-electron chi connectivity index (χ0n) is 6.66. The molecule has 66 valence electrons. The monoisotopic (exact) mass is 259 g/mol. The second kappa shape index (κ2) is 5.04. The summed E-state index contributed by atoms with van der Waals surface area (Å²) < 4.78 is 0. The maximum absolute atomic E-state index is 11.4. The number of carbonyl (C=O) groups is 1. The number of Topliss-reactive ketones (excluding diaryl/α,β-unsaturated/α-hetero) is 1. The molecule has 0 bridgehead atoms. The van der Waals surface area contributed by atoms with Gasteiger partial charge in [-0.15, -0.1) is 0 Å². The number of hydrogen-bond acceptors (Lipinski definition) is 2. The van der Waals surface area contributed by atoms with Gasteiger partial charge in [-0.25, -0.2) is 0 Å². The van der Waals surface area contributed by atoms with Crippen molar-refractivity contribution in [3.8, 4) is 4.97 Å². The number of halogens is 1. The SMILES string of the molecule is N#C[Se]CC(=O)c1cccc(Cl)c1. The van der Waals surface area contributed by atoms with E-state index < -0.39 is 0 Å². The Morgan fingerprint density at radius 2 is 2.38 bits per heavy atom. The van der Waals surface area contributed by atoms with Crippen LogP contribution in [0.2, 0.25) is 10.3 Å². The topological polar surface area (TPSA) is 40.9 Å². The van der Waals surface area contributed by atoms with Gasteiger partial charge in [-0.05, 0) is 0 Å². The second-order valence-electron chi connectivity index (χ2n) is 2.31. The number of nitriles is 1. The van der Waals surface area contributed by atoms with Gasteiger partial charge in [0.15, 0.2) is 0 Å². The van der Waals surface area contributed by atoms with E-state index in [9.17, 15) is 4.79 Å². The summed E-state index contributed by atoms with van der Waals surface area (Å²) in [5.41, 5.74) is 0.588. The van der Waals surface area contributed by atoms with Gasteiger partial charge in [0.05, 0.1) is 0 Å². The van der Waals surface area contributed by atoms with Crippen LogP contribution in [0.25, 0.3) is 0 Å². The fourth-order valence-electron chi connectivity index (χ4n) is 0.843. The van der Waals surface area contributed by atoms with Gasteiger partial charge in [0.2, 0.25) is 0 Å².